The summed E-state index contributed by atoms with van der Waals surface area (Å²) in [6.45, 7) is 0. The summed E-state index contributed by atoms with van der Waals surface area (Å²) in [6.07, 6.45) is 4.62. The molecule has 0 spiro atoms. The van der Waals surface area contributed by atoms with Crippen molar-refractivity contribution >= 4 is 17.5 Å². The molecule has 1 atom stereocenters. The first kappa shape index (κ1) is 19.0. The zero-order valence-corrected chi connectivity index (χ0v) is 16.1. The maximum Gasteiger partial charge on any atom is 0.221 e. The van der Waals surface area contributed by atoms with Crippen molar-refractivity contribution in [2.45, 2.75) is 18.9 Å². The summed E-state index contributed by atoms with van der Waals surface area (Å²) in [7, 11) is 3.54. The van der Waals surface area contributed by atoms with Crippen LogP contribution >= 0.6 is 11.6 Å². The second-order valence-electron chi connectivity index (χ2n) is 6.30. The second-order valence-corrected chi connectivity index (χ2v) is 6.74. The van der Waals surface area contributed by atoms with E-state index in [0.717, 1.165) is 22.7 Å². The van der Waals surface area contributed by atoms with Gasteiger partial charge in [-0.05, 0) is 41.8 Å². The summed E-state index contributed by atoms with van der Waals surface area (Å²) in [4.78, 5) is 17.0. The smallest absolute Gasteiger partial charge is 0.221 e. The van der Waals surface area contributed by atoms with E-state index >= 15 is 0 Å². The average molecular weight is 384 g/mol. The fraction of sp³-hybridized carbons (Fsp3) is 0.238. The van der Waals surface area contributed by atoms with Crippen LogP contribution < -0.4 is 10.1 Å². The topological polar surface area (TPSA) is 56.1 Å². The van der Waals surface area contributed by atoms with Gasteiger partial charge in [0.1, 0.15) is 17.6 Å². The number of nitrogens with zero attached hydrogens (tertiary/aromatic N) is 2. The maximum atomic E-state index is 12.6. The van der Waals surface area contributed by atoms with Gasteiger partial charge < -0.3 is 14.6 Å². The minimum atomic E-state index is -0.349. The van der Waals surface area contributed by atoms with Crippen LogP contribution in [0.25, 0.3) is 0 Å². The van der Waals surface area contributed by atoms with Gasteiger partial charge in [0.15, 0.2) is 0 Å². The van der Waals surface area contributed by atoms with Gasteiger partial charge in [-0.25, -0.2) is 4.98 Å². The Bertz CT molecular complexity index is 906. The summed E-state index contributed by atoms with van der Waals surface area (Å²) in [5, 5.41) is 3.80. The van der Waals surface area contributed by atoms with Gasteiger partial charge in [-0.1, -0.05) is 35.9 Å². The highest BCUT2D eigenvalue weighted by Crippen LogP contribution is 2.24. The number of methoxy groups -OCH3 is 1. The predicted molar refractivity (Wildman–Crippen MR) is 106 cm³/mol. The molecule has 2 aromatic carbocycles. The Morgan fingerprint density at radius 2 is 2.04 bits per heavy atom. The molecule has 27 heavy (non-hydrogen) atoms. The largest absolute Gasteiger partial charge is 0.497 e. The van der Waals surface area contributed by atoms with E-state index in [4.69, 9.17) is 16.3 Å². The van der Waals surface area contributed by atoms with E-state index in [1.165, 1.54) is 0 Å². The van der Waals surface area contributed by atoms with E-state index in [1.54, 1.807) is 13.3 Å². The van der Waals surface area contributed by atoms with Gasteiger partial charge in [0, 0.05) is 30.9 Å². The Labute approximate surface area is 164 Å². The standard InChI is InChI=1S/C21H22ClN3O2/c1-25-13-12-23-21(25)20(16-4-3-5-18(14-16)27-2)24-19(26)11-8-15-6-9-17(22)10-7-15/h3-7,9-10,12-14,20H,8,11H2,1-2H3,(H,24,26). The molecule has 140 valence electrons. The van der Waals surface area contributed by atoms with E-state index in [0.29, 0.717) is 17.9 Å². The molecule has 0 saturated heterocycles. The zero-order valence-electron chi connectivity index (χ0n) is 15.4. The van der Waals surface area contributed by atoms with Gasteiger partial charge in [-0.2, -0.15) is 0 Å². The first-order valence-corrected chi connectivity index (χ1v) is 9.09. The summed E-state index contributed by atoms with van der Waals surface area (Å²) < 4.78 is 7.23. The Morgan fingerprint density at radius 1 is 1.26 bits per heavy atom. The minimum absolute atomic E-state index is 0.0410. The van der Waals surface area contributed by atoms with Gasteiger partial charge in [0.25, 0.3) is 0 Å². The highest BCUT2D eigenvalue weighted by molar-refractivity contribution is 6.30. The summed E-state index contributed by atoms with van der Waals surface area (Å²) in [6, 6.07) is 14.9. The molecule has 0 saturated carbocycles. The van der Waals surface area contributed by atoms with Crippen molar-refractivity contribution in [1.82, 2.24) is 14.9 Å². The molecule has 1 amide bonds. The molecule has 0 aliphatic carbocycles. The third-order valence-electron chi connectivity index (χ3n) is 4.40. The highest BCUT2D eigenvalue weighted by atomic mass is 35.5. The van der Waals surface area contributed by atoms with Crippen molar-refractivity contribution in [3.05, 3.63) is 82.9 Å². The average Bonchev–Trinajstić information content (AvgIpc) is 3.11. The number of aromatic nitrogens is 2. The van der Waals surface area contributed by atoms with Gasteiger partial charge in [-0.15, -0.1) is 0 Å². The molecule has 1 unspecified atom stereocenters. The number of ether oxygens (including phenoxy) is 1. The maximum absolute atomic E-state index is 12.6. The number of amides is 1. The molecule has 3 rings (SSSR count). The number of aryl methyl sites for hydroxylation is 2. The Balaban J connectivity index is 1.75. The van der Waals surface area contributed by atoms with Gasteiger partial charge >= 0.3 is 0 Å². The van der Waals surface area contributed by atoms with Gasteiger partial charge in [0.2, 0.25) is 5.91 Å². The van der Waals surface area contributed by atoms with E-state index in [-0.39, 0.29) is 11.9 Å². The lowest BCUT2D eigenvalue weighted by molar-refractivity contribution is -0.121. The van der Waals surface area contributed by atoms with Crippen LogP contribution in [0.15, 0.2) is 60.9 Å². The first-order chi connectivity index (χ1) is 13.1. The van der Waals surface area contributed by atoms with Crippen LogP contribution in [0.4, 0.5) is 0 Å². The minimum Gasteiger partial charge on any atom is -0.497 e. The molecule has 0 bridgehead atoms. The van der Waals surface area contributed by atoms with Gasteiger partial charge in [-0.3, -0.25) is 4.79 Å². The van der Waals surface area contributed by atoms with Crippen molar-refractivity contribution in [1.29, 1.82) is 0 Å². The molecule has 1 aromatic heterocycles. The van der Waals surface area contributed by atoms with Gasteiger partial charge in [0.05, 0.1) is 7.11 Å². The predicted octanol–water partition coefficient (Wildman–Crippen LogP) is 3.92. The van der Waals surface area contributed by atoms with Crippen LogP contribution in [0.5, 0.6) is 5.75 Å². The molecule has 5 nitrogen and oxygen atoms in total. The highest BCUT2D eigenvalue weighted by Gasteiger charge is 2.21. The molecule has 1 heterocycles. The number of benzene rings is 2. The van der Waals surface area contributed by atoms with Crippen LogP contribution in [0, 0.1) is 0 Å². The fourth-order valence-electron chi connectivity index (χ4n) is 2.92. The summed E-state index contributed by atoms with van der Waals surface area (Å²) >= 11 is 5.91. The van der Waals surface area contributed by atoms with Crippen LogP contribution in [-0.2, 0) is 18.3 Å². The summed E-state index contributed by atoms with van der Waals surface area (Å²) in [5.41, 5.74) is 1.99. The first-order valence-electron chi connectivity index (χ1n) is 8.72. The number of rotatable bonds is 7. The van der Waals surface area contributed by atoms with Crippen LogP contribution in [-0.4, -0.2) is 22.6 Å². The quantitative estimate of drug-likeness (QED) is 0.672. The molecular formula is C21H22ClN3O2. The number of hydrogen-bond acceptors (Lipinski definition) is 3. The SMILES string of the molecule is COc1cccc(C(NC(=O)CCc2ccc(Cl)cc2)c2nccn2C)c1. The van der Waals surface area contributed by atoms with E-state index in [9.17, 15) is 4.79 Å². The third-order valence-corrected chi connectivity index (χ3v) is 4.66. The van der Waals surface area contributed by atoms with Crippen LogP contribution in [0.3, 0.4) is 0 Å². The van der Waals surface area contributed by atoms with Crippen molar-refractivity contribution in [3.63, 3.8) is 0 Å². The van der Waals surface area contributed by atoms with E-state index < -0.39 is 0 Å². The molecule has 0 aliphatic rings. The Kier molecular flexibility index (Phi) is 6.14. The van der Waals surface area contributed by atoms with Crippen LogP contribution in [0.1, 0.15) is 29.4 Å². The lowest BCUT2D eigenvalue weighted by Gasteiger charge is -2.20. The molecule has 1 N–H and O–H groups in total. The van der Waals surface area contributed by atoms with Crippen molar-refractivity contribution < 1.29 is 9.53 Å². The van der Waals surface area contributed by atoms with Crippen molar-refractivity contribution in [3.8, 4) is 5.75 Å². The lowest BCUT2D eigenvalue weighted by atomic mass is 10.0. The molecule has 0 aliphatic heterocycles. The van der Waals surface area contributed by atoms with E-state index in [1.807, 2.05) is 66.3 Å². The Hall–Kier alpha value is -2.79. The number of nitrogens with one attached hydrogen (secondary N) is 1. The number of hydrogen-bond donors (Lipinski definition) is 1. The fourth-order valence-corrected chi connectivity index (χ4v) is 3.04. The third kappa shape index (κ3) is 4.89. The molecule has 3 aromatic rings. The van der Waals surface area contributed by atoms with Crippen molar-refractivity contribution in [2.75, 3.05) is 7.11 Å². The Morgan fingerprint density at radius 3 is 2.70 bits per heavy atom. The molecule has 0 fully saturated rings. The number of carbonyl (C=O) groups is 1. The van der Waals surface area contributed by atoms with Crippen molar-refractivity contribution in [2.24, 2.45) is 7.05 Å². The number of imidazole rings is 1. The van der Waals surface area contributed by atoms with Crippen LogP contribution in [0.2, 0.25) is 5.02 Å². The zero-order chi connectivity index (χ0) is 19.2. The molecule has 0 radical (unpaired) electrons. The number of carbonyl (C=O) groups excluding carboxylic acids is 1. The second kappa shape index (κ2) is 8.73. The molecular weight excluding hydrogens is 362 g/mol. The monoisotopic (exact) mass is 383 g/mol. The number of halogens is 1. The lowest BCUT2D eigenvalue weighted by Crippen LogP contribution is -2.31. The van der Waals surface area contributed by atoms with E-state index in [2.05, 4.69) is 10.3 Å². The normalized spacial score (nSPS) is 11.8. The summed E-state index contributed by atoms with van der Waals surface area (Å²) in [5.74, 6) is 1.46. The molecule has 6 heteroatoms.